The average Bonchev–Trinajstić information content (AvgIpc) is 2.58. The number of ether oxygens (including phenoxy) is 1. The molecule has 0 radical (unpaired) electrons. The fraction of sp³-hybridized carbons (Fsp3) is 0.429. The van der Waals surface area contributed by atoms with E-state index in [9.17, 15) is 0 Å². The van der Waals surface area contributed by atoms with Crippen molar-refractivity contribution >= 4 is 8.53 Å². The van der Waals surface area contributed by atoms with Gasteiger partial charge in [-0.05, 0) is 49.9 Å². The third kappa shape index (κ3) is 3.46. The van der Waals surface area contributed by atoms with Crippen LogP contribution in [0.4, 0.5) is 0 Å². The van der Waals surface area contributed by atoms with Gasteiger partial charge in [-0.1, -0.05) is 35.4 Å². The number of nitrogens with zero attached hydrogens (tertiary/aromatic N) is 1. The lowest BCUT2D eigenvalue weighted by Gasteiger charge is -2.34. The zero-order chi connectivity index (χ0) is 18.3. The van der Waals surface area contributed by atoms with Gasteiger partial charge in [-0.15, -0.1) is 0 Å². The van der Waals surface area contributed by atoms with Crippen LogP contribution in [-0.2, 0) is 11.2 Å². The van der Waals surface area contributed by atoms with Crippen LogP contribution >= 0.6 is 8.53 Å². The summed E-state index contributed by atoms with van der Waals surface area (Å²) in [5.74, 6) is 1.97. The Morgan fingerprint density at radius 1 is 0.769 bits per heavy atom. The number of hydrogen-bond acceptors (Lipinski definition) is 4. The van der Waals surface area contributed by atoms with Gasteiger partial charge in [0.25, 0.3) is 0 Å². The van der Waals surface area contributed by atoms with E-state index in [-0.39, 0.29) is 0 Å². The Hall–Kier alpha value is -1.61. The smallest absolute Gasteiger partial charge is 0.384 e. The molecule has 0 saturated carbocycles. The maximum absolute atomic E-state index is 6.52. The number of hydrogen-bond donors (Lipinski definition) is 0. The van der Waals surface area contributed by atoms with E-state index in [1.165, 1.54) is 33.4 Å². The molecular formula is C21H26NO3P. The van der Waals surface area contributed by atoms with Crippen LogP contribution in [0.2, 0.25) is 0 Å². The van der Waals surface area contributed by atoms with Gasteiger partial charge < -0.3 is 13.8 Å². The molecule has 0 amide bonds. The predicted octanol–water partition coefficient (Wildman–Crippen LogP) is 4.84. The molecule has 2 heterocycles. The molecule has 4 nitrogen and oxygen atoms in total. The van der Waals surface area contributed by atoms with Crippen LogP contribution in [-0.4, -0.2) is 31.0 Å². The molecule has 2 aromatic carbocycles. The Balaban J connectivity index is 1.83. The maximum Gasteiger partial charge on any atom is 0.384 e. The van der Waals surface area contributed by atoms with Gasteiger partial charge in [-0.3, -0.25) is 0 Å². The van der Waals surface area contributed by atoms with Crippen LogP contribution in [0.25, 0.3) is 0 Å². The second-order valence-corrected chi connectivity index (χ2v) is 8.71. The van der Waals surface area contributed by atoms with E-state index < -0.39 is 8.53 Å². The first-order valence-electron chi connectivity index (χ1n) is 9.20. The molecule has 0 aromatic heterocycles. The Labute approximate surface area is 157 Å². The van der Waals surface area contributed by atoms with Crippen LogP contribution in [0.5, 0.6) is 11.5 Å². The standard InChI is InChI=1S/C21H26NO3P/c1-14-9-16(3)20-18(11-14)13-19-12-15(2)10-17(4)21(19)25-26(24-20)22-5-7-23-8-6-22/h9-12H,5-8,13H2,1-4H3. The van der Waals surface area contributed by atoms with E-state index in [0.717, 1.165) is 44.2 Å². The quantitative estimate of drug-likeness (QED) is 0.671. The average molecular weight is 371 g/mol. The first-order chi connectivity index (χ1) is 12.5. The molecule has 138 valence electrons. The molecule has 0 unspecified atom stereocenters. The topological polar surface area (TPSA) is 30.9 Å². The number of aryl methyl sites for hydroxylation is 4. The van der Waals surface area contributed by atoms with Crippen LogP contribution < -0.4 is 9.05 Å². The zero-order valence-electron chi connectivity index (χ0n) is 16.0. The van der Waals surface area contributed by atoms with Gasteiger partial charge in [-0.2, -0.15) is 0 Å². The number of rotatable bonds is 1. The minimum absolute atomic E-state index is 0.727. The van der Waals surface area contributed by atoms with Crippen LogP contribution in [0.1, 0.15) is 33.4 Å². The van der Waals surface area contributed by atoms with Crippen molar-refractivity contribution in [3.8, 4) is 11.5 Å². The zero-order valence-corrected chi connectivity index (χ0v) is 16.9. The molecule has 0 atom stereocenters. The van der Waals surface area contributed by atoms with E-state index in [1.54, 1.807) is 0 Å². The van der Waals surface area contributed by atoms with Crippen molar-refractivity contribution < 1.29 is 13.8 Å². The lowest BCUT2D eigenvalue weighted by Crippen LogP contribution is -2.35. The lowest BCUT2D eigenvalue weighted by molar-refractivity contribution is 0.0683. The number of fused-ring (bicyclic) bond motifs is 2. The summed E-state index contributed by atoms with van der Waals surface area (Å²) in [6, 6.07) is 8.88. The lowest BCUT2D eigenvalue weighted by atomic mass is 9.96. The highest BCUT2D eigenvalue weighted by atomic mass is 31.2. The van der Waals surface area contributed by atoms with Gasteiger partial charge >= 0.3 is 8.53 Å². The summed E-state index contributed by atoms with van der Waals surface area (Å²) in [6.07, 6.45) is 0.835. The maximum atomic E-state index is 6.52. The third-order valence-corrected chi connectivity index (χ3v) is 6.47. The van der Waals surface area contributed by atoms with Crippen molar-refractivity contribution in [2.45, 2.75) is 34.1 Å². The predicted molar refractivity (Wildman–Crippen MR) is 105 cm³/mol. The Kier molecular flexibility index (Phi) is 4.92. The molecule has 26 heavy (non-hydrogen) atoms. The fourth-order valence-electron chi connectivity index (χ4n) is 3.82. The number of morpholine rings is 1. The van der Waals surface area contributed by atoms with Crippen LogP contribution in [0, 0.1) is 27.7 Å². The largest absolute Gasteiger partial charge is 0.426 e. The molecule has 0 N–H and O–H groups in total. The van der Waals surface area contributed by atoms with E-state index in [2.05, 4.69) is 56.6 Å². The molecular weight excluding hydrogens is 345 g/mol. The fourth-order valence-corrected chi connectivity index (χ4v) is 5.41. The summed E-state index contributed by atoms with van der Waals surface area (Å²) in [7, 11) is -1.21. The molecule has 0 aliphatic carbocycles. The summed E-state index contributed by atoms with van der Waals surface area (Å²) < 4.78 is 20.8. The third-order valence-electron chi connectivity index (χ3n) is 4.93. The van der Waals surface area contributed by atoms with E-state index in [0.29, 0.717) is 0 Å². The second kappa shape index (κ2) is 7.19. The van der Waals surface area contributed by atoms with Crippen molar-refractivity contribution in [3.05, 3.63) is 57.6 Å². The van der Waals surface area contributed by atoms with E-state index in [1.807, 2.05) is 0 Å². The van der Waals surface area contributed by atoms with Crippen molar-refractivity contribution in [2.75, 3.05) is 26.3 Å². The Morgan fingerprint density at radius 2 is 1.27 bits per heavy atom. The van der Waals surface area contributed by atoms with Gasteiger partial charge in [0.05, 0.1) is 13.2 Å². The molecule has 2 aromatic rings. The highest BCUT2D eigenvalue weighted by Gasteiger charge is 2.31. The minimum Gasteiger partial charge on any atom is -0.426 e. The molecule has 4 rings (SSSR count). The van der Waals surface area contributed by atoms with Gasteiger partial charge in [-0.25, -0.2) is 4.67 Å². The first-order valence-corrected chi connectivity index (χ1v) is 10.3. The van der Waals surface area contributed by atoms with Gasteiger partial charge in [0.2, 0.25) is 0 Å². The van der Waals surface area contributed by atoms with Gasteiger partial charge in [0.15, 0.2) is 0 Å². The van der Waals surface area contributed by atoms with Gasteiger partial charge in [0, 0.05) is 19.5 Å². The molecule has 1 fully saturated rings. The molecule has 2 aliphatic rings. The summed E-state index contributed by atoms with van der Waals surface area (Å²) in [5, 5.41) is 0. The SMILES string of the molecule is Cc1cc(C)c2c(c1)Cc1cc(C)cc(C)c1OP(N1CCOCC1)O2. The monoisotopic (exact) mass is 371 g/mol. The van der Waals surface area contributed by atoms with Crippen molar-refractivity contribution in [1.82, 2.24) is 4.67 Å². The van der Waals surface area contributed by atoms with E-state index in [4.69, 9.17) is 13.8 Å². The Morgan fingerprint density at radius 3 is 1.77 bits per heavy atom. The molecule has 5 heteroatoms. The molecule has 0 spiro atoms. The number of benzene rings is 2. The highest BCUT2D eigenvalue weighted by molar-refractivity contribution is 7.45. The van der Waals surface area contributed by atoms with Crippen LogP contribution in [0.15, 0.2) is 24.3 Å². The molecule has 0 bridgehead atoms. The molecule has 1 saturated heterocycles. The van der Waals surface area contributed by atoms with Crippen molar-refractivity contribution in [2.24, 2.45) is 0 Å². The highest BCUT2D eigenvalue weighted by Crippen LogP contribution is 2.50. The molecule has 2 aliphatic heterocycles. The second-order valence-electron chi connectivity index (χ2n) is 7.30. The normalized spacial score (nSPS) is 18.2. The minimum atomic E-state index is -1.21. The summed E-state index contributed by atoms with van der Waals surface area (Å²) in [5.41, 5.74) is 7.39. The van der Waals surface area contributed by atoms with Gasteiger partial charge in [0.1, 0.15) is 11.5 Å². The van der Waals surface area contributed by atoms with E-state index >= 15 is 0 Å². The first kappa shape index (κ1) is 17.8. The summed E-state index contributed by atoms with van der Waals surface area (Å²) in [4.78, 5) is 0. The summed E-state index contributed by atoms with van der Waals surface area (Å²) in [6.45, 7) is 11.7. The van der Waals surface area contributed by atoms with Crippen molar-refractivity contribution in [3.63, 3.8) is 0 Å². The Bertz CT molecular complexity index is 771. The van der Waals surface area contributed by atoms with Crippen LogP contribution in [0.3, 0.4) is 0 Å². The summed E-state index contributed by atoms with van der Waals surface area (Å²) >= 11 is 0. The van der Waals surface area contributed by atoms with Crippen molar-refractivity contribution in [1.29, 1.82) is 0 Å².